The number of rotatable bonds is 5. The molecule has 3 N–H and O–H groups in total. The maximum atomic E-state index is 15.5. The highest BCUT2D eigenvalue weighted by Crippen LogP contribution is 2.45. The van der Waals surface area contributed by atoms with Crippen LogP contribution in [0, 0.1) is 0 Å². The summed E-state index contributed by atoms with van der Waals surface area (Å²) < 4.78 is 41.7. The third-order valence-corrected chi connectivity index (χ3v) is 8.73. The minimum Gasteiger partial charge on any atom is -0.504 e. The molecule has 1 aromatic rings. The summed E-state index contributed by atoms with van der Waals surface area (Å²) in [4.78, 5) is 13.5. The van der Waals surface area contributed by atoms with Crippen molar-refractivity contribution in [1.29, 1.82) is 0 Å². The van der Waals surface area contributed by atoms with Gasteiger partial charge >= 0.3 is 6.03 Å². The van der Waals surface area contributed by atoms with Gasteiger partial charge in [-0.15, -0.1) is 0 Å². The molecule has 1 saturated heterocycles. The number of allylic oxidation sites excluding steroid dienone is 1. The fourth-order valence-electron chi connectivity index (χ4n) is 3.68. The first-order valence-corrected chi connectivity index (χ1v) is 11.9. The number of piperidine rings is 1. The van der Waals surface area contributed by atoms with Crippen LogP contribution in [0.25, 0.3) is 0 Å². The Balaban J connectivity index is 1.85. The van der Waals surface area contributed by atoms with Crippen LogP contribution in [-0.2, 0) is 9.84 Å². The lowest BCUT2D eigenvalue weighted by Crippen LogP contribution is -2.46. The molecule has 1 aromatic carbocycles. The van der Waals surface area contributed by atoms with Gasteiger partial charge in [0.2, 0.25) is 14.8 Å². The lowest BCUT2D eigenvalue weighted by Gasteiger charge is -2.35. The van der Waals surface area contributed by atoms with Crippen LogP contribution >= 0.6 is 23.2 Å². The van der Waals surface area contributed by atoms with Crippen molar-refractivity contribution in [2.45, 2.75) is 48.5 Å². The average molecular weight is 480 g/mol. The van der Waals surface area contributed by atoms with Gasteiger partial charge in [0.25, 0.3) is 0 Å². The third-order valence-electron chi connectivity index (χ3n) is 5.56. The molecule has 0 bridgehead atoms. The van der Waals surface area contributed by atoms with Gasteiger partial charge in [0.05, 0.1) is 16.8 Å². The van der Waals surface area contributed by atoms with E-state index < -0.39 is 31.5 Å². The molecule has 0 spiro atoms. The van der Waals surface area contributed by atoms with E-state index in [1.807, 2.05) is 11.8 Å². The molecule has 30 heavy (non-hydrogen) atoms. The van der Waals surface area contributed by atoms with Gasteiger partial charge in [-0.25, -0.2) is 17.6 Å². The van der Waals surface area contributed by atoms with Crippen molar-refractivity contribution in [3.05, 3.63) is 28.3 Å². The van der Waals surface area contributed by atoms with Crippen LogP contribution in [0.15, 0.2) is 28.1 Å². The highest BCUT2D eigenvalue weighted by atomic mass is 35.5. The minimum absolute atomic E-state index is 0.192. The number of nitrogens with one attached hydrogen (secondary N) is 2. The fourth-order valence-corrected chi connectivity index (χ4v) is 6.19. The van der Waals surface area contributed by atoms with E-state index in [9.17, 15) is 18.3 Å². The van der Waals surface area contributed by atoms with Gasteiger partial charge in [0.1, 0.15) is 4.90 Å². The highest BCUT2D eigenvalue weighted by Gasteiger charge is 2.49. The van der Waals surface area contributed by atoms with E-state index in [1.165, 1.54) is 12.1 Å². The molecular weight excluding hydrogens is 456 g/mol. The number of urea groups is 1. The maximum Gasteiger partial charge on any atom is 0.319 e. The van der Waals surface area contributed by atoms with Gasteiger partial charge in [0.15, 0.2) is 5.75 Å². The summed E-state index contributed by atoms with van der Waals surface area (Å²) in [5, 5.41) is 13.3. The van der Waals surface area contributed by atoms with Crippen molar-refractivity contribution in [3.8, 4) is 5.75 Å². The van der Waals surface area contributed by atoms with Gasteiger partial charge in [0, 0.05) is 31.0 Å². The zero-order valence-electron chi connectivity index (χ0n) is 16.4. The van der Waals surface area contributed by atoms with Crippen LogP contribution in [-0.4, -0.2) is 55.1 Å². The zero-order valence-corrected chi connectivity index (χ0v) is 18.7. The molecule has 2 amide bonds. The number of alkyl halides is 1. The van der Waals surface area contributed by atoms with Crippen LogP contribution in [0.1, 0.15) is 32.6 Å². The topological polar surface area (TPSA) is 98.7 Å². The van der Waals surface area contributed by atoms with E-state index in [0.29, 0.717) is 18.0 Å². The number of nitrogens with zero attached hydrogens (tertiary/aromatic N) is 1. The molecule has 0 unspecified atom stereocenters. The molecule has 11 heteroatoms. The van der Waals surface area contributed by atoms with Crippen LogP contribution in [0.3, 0.4) is 0 Å². The number of sulfone groups is 1. The molecule has 1 fully saturated rings. The number of phenols is 1. The Labute approximate surface area is 185 Å². The molecule has 1 aliphatic carbocycles. The Morgan fingerprint density at radius 3 is 2.57 bits per heavy atom. The first kappa shape index (κ1) is 23.1. The molecule has 0 aromatic heterocycles. The number of benzene rings is 1. The number of hydrogen-bond acceptors (Lipinski definition) is 5. The summed E-state index contributed by atoms with van der Waals surface area (Å²) in [5.74, 6) is -0.791. The van der Waals surface area contributed by atoms with Crippen molar-refractivity contribution in [2.75, 3.05) is 25.0 Å². The first-order valence-electron chi connectivity index (χ1n) is 9.69. The lowest BCUT2D eigenvalue weighted by molar-refractivity contribution is 0.124. The third kappa shape index (κ3) is 4.39. The Bertz CT molecular complexity index is 963. The summed E-state index contributed by atoms with van der Waals surface area (Å²) in [6, 6.07) is 1.42. The van der Waals surface area contributed by atoms with Crippen LogP contribution in [0.2, 0.25) is 5.02 Å². The standard InChI is InChI=1S/C19H24Cl2FN3O4S/c1-2-25-10-8-19(22,9-11-25)30(28,29)17-13(21)6-7-15(16(17)26)24-18(27)23-14-5-3-4-12(14)20/h4,6-7,14,26H,2-3,5,8-11H2,1H3,(H2,23,24,27)/t14-/m0/s1. The van der Waals surface area contributed by atoms with Crippen molar-refractivity contribution in [3.63, 3.8) is 0 Å². The van der Waals surface area contributed by atoms with Crippen molar-refractivity contribution >= 4 is 44.8 Å². The molecule has 0 saturated carbocycles. The first-order chi connectivity index (χ1) is 14.1. The van der Waals surface area contributed by atoms with E-state index in [-0.39, 0.29) is 42.7 Å². The van der Waals surface area contributed by atoms with Gasteiger partial charge in [-0.1, -0.05) is 36.2 Å². The fraction of sp³-hybridized carbons (Fsp3) is 0.526. The molecular formula is C19H24Cl2FN3O4S. The second kappa shape index (κ2) is 8.90. The van der Waals surface area contributed by atoms with Crippen molar-refractivity contribution in [2.24, 2.45) is 0 Å². The lowest BCUT2D eigenvalue weighted by atomic mass is 10.1. The van der Waals surface area contributed by atoms with Crippen molar-refractivity contribution in [1.82, 2.24) is 10.2 Å². The minimum atomic E-state index is -4.62. The molecule has 1 atom stereocenters. The largest absolute Gasteiger partial charge is 0.504 e. The molecule has 1 heterocycles. The summed E-state index contributed by atoms with van der Waals surface area (Å²) in [7, 11) is -4.62. The Kier molecular flexibility index (Phi) is 6.86. The normalized spacial score (nSPS) is 21.9. The predicted molar refractivity (Wildman–Crippen MR) is 115 cm³/mol. The number of halogens is 3. The Morgan fingerprint density at radius 1 is 1.33 bits per heavy atom. The summed E-state index contributed by atoms with van der Waals surface area (Å²) >= 11 is 12.1. The number of carbonyl (C=O) groups is 1. The number of anilines is 1. The number of hydrogen-bond donors (Lipinski definition) is 3. The molecule has 2 aliphatic rings. The molecule has 1 aliphatic heterocycles. The van der Waals surface area contributed by atoms with Crippen molar-refractivity contribution < 1.29 is 22.7 Å². The number of phenolic OH excluding ortho intramolecular Hbond substituents is 1. The molecule has 7 nitrogen and oxygen atoms in total. The monoisotopic (exact) mass is 479 g/mol. The van der Waals surface area contributed by atoms with E-state index in [2.05, 4.69) is 10.6 Å². The van der Waals surface area contributed by atoms with E-state index in [4.69, 9.17) is 23.2 Å². The second-order valence-electron chi connectivity index (χ2n) is 7.41. The number of likely N-dealkylation sites (tertiary alicyclic amines) is 1. The highest BCUT2D eigenvalue weighted by molar-refractivity contribution is 7.92. The predicted octanol–water partition coefficient (Wildman–Crippen LogP) is 4.01. The summed E-state index contributed by atoms with van der Waals surface area (Å²) in [6.45, 7) is 3.16. The number of carbonyl (C=O) groups excluding carboxylic acids is 1. The Hall–Kier alpha value is -1.55. The number of aromatic hydroxyl groups is 1. The number of amides is 2. The second-order valence-corrected chi connectivity index (χ2v) is 10.4. The smallest absolute Gasteiger partial charge is 0.319 e. The van der Waals surface area contributed by atoms with Gasteiger partial charge in [-0.05, 0) is 31.5 Å². The van der Waals surface area contributed by atoms with Crippen LogP contribution < -0.4 is 10.6 Å². The van der Waals surface area contributed by atoms with E-state index in [0.717, 1.165) is 6.42 Å². The zero-order chi connectivity index (χ0) is 22.1. The SMILES string of the molecule is CCN1CCC(F)(S(=O)(=O)c2c(Cl)ccc(NC(=O)N[C@H]3CCC=C3Cl)c2O)CC1. The van der Waals surface area contributed by atoms with Gasteiger partial charge in [-0.2, -0.15) is 0 Å². The van der Waals surface area contributed by atoms with Crippen LogP contribution in [0.5, 0.6) is 5.75 Å². The molecule has 166 valence electrons. The summed E-state index contributed by atoms with van der Waals surface area (Å²) in [5.41, 5.74) is -0.192. The van der Waals surface area contributed by atoms with E-state index >= 15 is 4.39 Å². The van der Waals surface area contributed by atoms with Gasteiger partial charge in [-0.3, -0.25) is 0 Å². The molecule has 3 rings (SSSR count). The summed E-state index contributed by atoms with van der Waals surface area (Å²) in [6.07, 6.45) is 2.69. The van der Waals surface area contributed by atoms with Gasteiger partial charge < -0.3 is 20.6 Å². The average Bonchev–Trinajstić information content (AvgIpc) is 3.09. The van der Waals surface area contributed by atoms with Crippen LogP contribution in [0.4, 0.5) is 14.9 Å². The Morgan fingerprint density at radius 2 is 2.00 bits per heavy atom. The quantitative estimate of drug-likeness (QED) is 0.554. The molecule has 0 radical (unpaired) electrons. The van der Waals surface area contributed by atoms with E-state index in [1.54, 1.807) is 6.08 Å². The maximum absolute atomic E-state index is 15.5.